The van der Waals surface area contributed by atoms with Crippen LogP contribution in [0.5, 0.6) is 0 Å². The predicted octanol–water partition coefficient (Wildman–Crippen LogP) is 6.70. The second-order valence-electron chi connectivity index (χ2n) is 9.48. The molecule has 0 saturated heterocycles. The molecule has 1 aliphatic carbocycles. The topological polar surface area (TPSA) is 64.4 Å². The molecule has 2 aromatic rings. The van der Waals surface area contributed by atoms with Crippen molar-refractivity contribution < 1.29 is 22.8 Å². The third-order valence-corrected chi connectivity index (χ3v) is 7.41. The number of nitriles is 1. The van der Waals surface area contributed by atoms with E-state index in [9.17, 15) is 28.0 Å². The molecule has 192 valence electrons. The lowest BCUT2D eigenvalue weighted by atomic mass is 9.89. The van der Waals surface area contributed by atoms with Gasteiger partial charge in [-0.15, -0.1) is 0 Å². The molecule has 0 spiro atoms. The van der Waals surface area contributed by atoms with Gasteiger partial charge in [0.15, 0.2) is 10.9 Å². The molecule has 1 unspecified atom stereocenters. The van der Waals surface area contributed by atoms with Gasteiger partial charge in [0.05, 0.1) is 23.2 Å². The van der Waals surface area contributed by atoms with Crippen LogP contribution >= 0.6 is 12.2 Å². The zero-order valence-corrected chi connectivity index (χ0v) is 21.3. The van der Waals surface area contributed by atoms with E-state index in [1.807, 2.05) is 0 Å². The van der Waals surface area contributed by atoms with Gasteiger partial charge < -0.3 is 0 Å². The van der Waals surface area contributed by atoms with E-state index >= 15 is 0 Å². The van der Waals surface area contributed by atoms with Crippen LogP contribution in [0.4, 0.5) is 18.9 Å². The van der Waals surface area contributed by atoms with Crippen molar-refractivity contribution in [3.63, 3.8) is 0 Å². The monoisotopic (exact) mass is 525 g/mol. The number of alkyl halides is 3. The number of carbonyl (C=O) groups is 2. The summed E-state index contributed by atoms with van der Waals surface area (Å²) >= 11 is 5.78. The molecule has 9 heteroatoms. The number of hydrogen-bond donors (Lipinski definition) is 0. The minimum atomic E-state index is -4.57. The van der Waals surface area contributed by atoms with Crippen LogP contribution in [-0.2, 0) is 15.8 Å². The fourth-order valence-corrected chi connectivity index (χ4v) is 5.70. The van der Waals surface area contributed by atoms with Gasteiger partial charge in [0.1, 0.15) is 0 Å². The Morgan fingerprint density at radius 2 is 1.76 bits per heavy atom. The summed E-state index contributed by atoms with van der Waals surface area (Å²) in [4.78, 5) is 29.6. The van der Waals surface area contributed by atoms with Crippen molar-refractivity contribution in [3.05, 3.63) is 76.5 Å². The third-order valence-electron chi connectivity index (χ3n) is 7.03. The maximum atomic E-state index is 13.8. The number of allylic oxidation sites excluding steroid dienone is 1. The quantitative estimate of drug-likeness (QED) is 0.407. The molecular formula is C28H26F3N3O2S. The average Bonchev–Trinajstić information content (AvgIpc) is 3.36. The molecule has 1 heterocycles. The van der Waals surface area contributed by atoms with Crippen LogP contribution in [0.3, 0.4) is 0 Å². The van der Waals surface area contributed by atoms with Crippen molar-refractivity contribution in [2.45, 2.75) is 58.2 Å². The molecule has 1 aliphatic heterocycles. The van der Waals surface area contributed by atoms with Crippen molar-refractivity contribution in [1.82, 2.24) is 4.90 Å². The molecule has 37 heavy (non-hydrogen) atoms. The van der Waals surface area contributed by atoms with Gasteiger partial charge in [-0.1, -0.05) is 31.0 Å². The Labute approximate surface area is 219 Å². The lowest BCUT2D eigenvalue weighted by molar-refractivity contribution is -0.137. The van der Waals surface area contributed by atoms with Gasteiger partial charge >= 0.3 is 6.18 Å². The summed E-state index contributed by atoms with van der Waals surface area (Å²) < 4.78 is 40.5. The van der Waals surface area contributed by atoms with Crippen LogP contribution in [0.15, 0.2) is 59.8 Å². The van der Waals surface area contributed by atoms with E-state index in [-0.39, 0.29) is 40.4 Å². The Bertz CT molecular complexity index is 1310. The number of hydrogen-bond acceptors (Lipinski definition) is 4. The van der Waals surface area contributed by atoms with Gasteiger partial charge in [-0.25, -0.2) is 0 Å². The fraction of sp³-hybridized carbons (Fsp3) is 0.357. The van der Waals surface area contributed by atoms with E-state index in [2.05, 4.69) is 6.07 Å². The first-order valence-electron chi connectivity index (χ1n) is 12.1. The molecule has 4 rings (SSSR count). The molecular weight excluding hydrogens is 499 g/mol. The summed E-state index contributed by atoms with van der Waals surface area (Å²) in [5, 5.41) is 9.23. The van der Waals surface area contributed by atoms with E-state index < -0.39 is 17.8 Å². The molecule has 1 amide bonds. The largest absolute Gasteiger partial charge is 0.416 e. The first kappa shape index (κ1) is 26.6. The Morgan fingerprint density at radius 1 is 1.11 bits per heavy atom. The Balaban J connectivity index is 1.89. The van der Waals surface area contributed by atoms with Gasteiger partial charge in [-0.2, -0.15) is 18.4 Å². The number of ketones is 1. The van der Waals surface area contributed by atoms with Gasteiger partial charge in [-0.3, -0.25) is 19.4 Å². The standard InChI is InChI=1S/C28H26F3N3O2S/c1-17-25(18(2)35)26(21-12-10-20(16-32)11-13-21)34(24(36)14-19-6-3-4-7-19)27(37)33(17)23-9-5-8-22(15-23)28(29,30)31/h5,8-13,15,19,26H,3-4,6-7,14H2,1-2H3. The number of benzene rings is 2. The van der Waals surface area contributed by atoms with Crippen molar-refractivity contribution >= 4 is 34.7 Å². The summed E-state index contributed by atoms with van der Waals surface area (Å²) in [5.41, 5.74) is 0.888. The van der Waals surface area contributed by atoms with E-state index in [0.29, 0.717) is 16.8 Å². The highest BCUT2D eigenvalue weighted by molar-refractivity contribution is 7.80. The molecule has 2 aliphatic rings. The lowest BCUT2D eigenvalue weighted by Crippen LogP contribution is -2.53. The number of thiocarbonyl (C=S) groups is 1. The normalized spacial score (nSPS) is 18.8. The number of anilines is 1. The highest BCUT2D eigenvalue weighted by Gasteiger charge is 2.43. The molecule has 0 aromatic heterocycles. The van der Waals surface area contributed by atoms with Crippen LogP contribution in [0, 0.1) is 17.2 Å². The minimum Gasteiger partial charge on any atom is -0.295 e. The molecule has 0 radical (unpaired) electrons. The number of carbonyl (C=O) groups excluding carboxylic acids is 2. The van der Waals surface area contributed by atoms with E-state index in [1.54, 1.807) is 31.2 Å². The number of halogens is 3. The van der Waals surface area contributed by atoms with Crippen LogP contribution in [0.25, 0.3) is 0 Å². The van der Waals surface area contributed by atoms with E-state index in [0.717, 1.165) is 37.8 Å². The first-order chi connectivity index (χ1) is 17.5. The molecule has 0 bridgehead atoms. The molecule has 1 atom stereocenters. The SMILES string of the molecule is CC(=O)C1=C(C)N(c2cccc(C(F)(F)F)c2)C(=S)N(C(=O)CC2CCCC2)C1c1ccc(C#N)cc1. The molecule has 2 aromatic carbocycles. The second-order valence-corrected chi connectivity index (χ2v) is 9.84. The Morgan fingerprint density at radius 3 is 2.32 bits per heavy atom. The predicted molar refractivity (Wildman–Crippen MR) is 137 cm³/mol. The number of rotatable bonds is 5. The minimum absolute atomic E-state index is 0.0131. The number of Topliss-reactive ketones (excluding diaryl/α,β-unsaturated/α-hetero) is 1. The number of nitrogens with zero attached hydrogens (tertiary/aromatic N) is 3. The summed E-state index contributed by atoms with van der Waals surface area (Å²) in [6, 6.07) is 12.4. The number of amides is 1. The average molecular weight is 526 g/mol. The zero-order chi connectivity index (χ0) is 26.9. The van der Waals surface area contributed by atoms with E-state index in [4.69, 9.17) is 12.2 Å². The van der Waals surface area contributed by atoms with Crippen molar-refractivity contribution in [1.29, 1.82) is 5.26 Å². The summed E-state index contributed by atoms with van der Waals surface area (Å²) in [5.74, 6) is -0.425. The Kier molecular flexibility index (Phi) is 7.51. The molecule has 5 nitrogen and oxygen atoms in total. The van der Waals surface area contributed by atoms with Crippen LogP contribution in [0.1, 0.15) is 68.7 Å². The Hall–Kier alpha value is -3.51. The smallest absolute Gasteiger partial charge is 0.295 e. The summed E-state index contributed by atoms with van der Waals surface area (Å²) in [6.45, 7) is 2.99. The molecule has 0 N–H and O–H groups in total. The van der Waals surface area contributed by atoms with Gasteiger partial charge in [0, 0.05) is 23.4 Å². The van der Waals surface area contributed by atoms with Crippen molar-refractivity contribution in [3.8, 4) is 6.07 Å². The maximum Gasteiger partial charge on any atom is 0.416 e. The van der Waals surface area contributed by atoms with Crippen LogP contribution in [0.2, 0.25) is 0 Å². The molecule has 1 fully saturated rings. The van der Waals surface area contributed by atoms with Crippen LogP contribution in [-0.4, -0.2) is 21.7 Å². The van der Waals surface area contributed by atoms with E-state index in [1.165, 1.54) is 28.9 Å². The van der Waals surface area contributed by atoms with Gasteiger partial charge in [-0.05, 0) is 80.7 Å². The van der Waals surface area contributed by atoms with Gasteiger partial charge in [0.2, 0.25) is 5.91 Å². The fourth-order valence-electron chi connectivity index (χ4n) is 5.25. The van der Waals surface area contributed by atoms with Crippen molar-refractivity contribution in [2.75, 3.05) is 4.90 Å². The second kappa shape index (κ2) is 10.5. The zero-order valence-electron chi connectivity index (χ0n) is 20.5. The lowest BCUT2D eigenvalue weighted by Gasteiger charge is -2.44. The molecule has 1 saturated carbocycles. The highest BCUT2D eigenvalue weighted by atomic mass is 32.1. The van der Waals surface area contributed by atoms with Crippen molar-refractivity contribution in [2.24, 2.45) is 5.92 Å². The highest BCUT2D eigenvalue weighted by Crippen LogP contribution is 2.42. The maximum absolute atomic E-state index is 13.8. The third kappa shape index (κ3) is 5.30. The first-order valence-corrected chi connectivity index (χ1v) is 12.5. The summed E-state index contributed by atoms with van der Waals surface area (Å²) in [7, 11) is 0. The van der Waals surface area contributed by atoms with Gasteiger partial charge in [0.25, 0.3) is 0 Å². The summed E-state index contributed by atoms with van der Waals surface area (Å²) in [6.07, 6.45) is -0.435. The van der Waals surface area contributed by atoms with Crippen LogP contribution < -0.4 is 4.90 Å².